The molecule has 2 fully saturated rings. The molecule has 0 bridgehead atoms. The molecule has 2 aromatic heterocycles. The number of sulfonamides is 1. The van der Waals surface area contributed by atoms with Crippen LogP contribution in [0.1, 0.15) is 40.5 Å². The lowest BCUT2D eigenvalue weighted by atomic mass is 9.91. The number of rotatable bonds is 4. The molecule has 12 heteroatoms. The van der Waals surface area contributed by atoms with Crippen molar-refractivity contribution in [2.24, 2.45) is 11.8 Å². The maximum Gasteiger partial charge on any atom is 0.416 e. The first kappa shape index (κ1) is 22.8. The van der Waals surface area contributed by atoms with Crippen LogP contribution in [0.15, 0.2) is 47.5 Å². The van der Waals surface area contributed by atoms with E-state index in [0.29, 0.717) is 37.1 Å². The van der Waals surface area contributed by atoms with Crippen LogP contribution >= 0.6 is 0 Å². The Hall–Kier alpha value is -2.99. The fraction of sp³-hybridized carbons (Fsp3) is 0.409. The normalized spacial score (nSPS) is 22.9. The summed E-state index contributed by atoms with van der Waals surface area (Å²) in [7, 11) is -2.43. The van der Waals surface area contributed by atoms with E-state index in [1.165, 1.54) is 35.8 Å². The predicted molar refractivity (Wildman–Crippen MR) is 116 cm³/mol. The van der Waals surface area contributed by atoms with Crippen LogP contribution in [0.25, 0.3) is 5.65 Å². The fourth-order valence-corrected chi connectivity index (χ4v) is 5.99. The van der Waals surface area contributed by atoms with Crippen molar-refractivity contribution in [2.45, 2.75) is 29.8 Å². The Morgan fingerprint density at radius 1 is 1.06 bits per heavy atom. The molecule has 1 aromatic carbocycles. The lowest BCUT2D eigenvalue weighted by molar-refractivity contribution is -0.138. The van der Waals surface area contributed by atoms with Gasteiger partial charge in [-0.15, -0.1) is 10.2 Å². The van der Waals surface area contributed by atoms with Crippen LogP contribution in [0.3, 0.4) is 0 Å². The standard InChI is InChI=1S/C22H22F3N5O3S/c1-26-34(32,33)16-6-7-19-27-28-20(30(19)12-16)21(31)29-10-14-8-13(9-15(14)11-29)17-4-2-3-5-18(17)22(23,24)25/h2-7,12-15,26H,8-11H2,1H3/t13-,14+,15-. The van der Waals surface area contributed by atoms with Crippen LogP contribution in [0.5, 0.6) is 0 Å². The van der Waals surface area contributed by atoms with Crippen LogP contribution in [-0.2, 0) is 16.2 Å². The van der Waals surface area contributed by atoms with Gasteiger partial charge in [0.15, 0.2) is 5.65 Å². The average Bonchev–Trinajstić information content (AvgIpc) is 3.50. The molecule has 180 valence electrons. The molecule has 8 nitrogen and oxygen atoms in total. The zero-order valence-electron chi connectivity index (χ0n) is 18.2. The van der Waals surface area contributed by atoms with E-state index in [0.717, 1.165) is 6.07 Å². The number of benzene rings is 1. The highest BCUT2D eigenvalue weighted by Gasteiger charge is 2.45. The summed E-state index contributed by atoms with van der Waals surface area (Å²) in [5, 5.41) is 7.93. The summed E-state index contributed by atoms with van der Waals surface area (Å²) in [4.78, 5) is 14.8. The molecule has 1 saturated heterocycles. The largest absolute Gasteiger partial charge is 0.416 e. The summed E-state index contributed by atoms with van der Waals surface area (Å²) in [6.45, 7) is 0.829. The van der Waals surface area contributed by atoms with Crippen molar-refractivity contribution in [3.63, 3.8) is 0 Å². The van der Waals surface area contributed by atoms with Crippen LogP contribution in [0, 0.1) is 11.8 Å². The van der Waals surface area contributed by atoms with Gasteiger partial charge >= 0.3 is 6.18 Å². The van der Waals surface area contributed by atoms with Crippen LogP contribution in [-0.4, -0.2) is 54.0 Å². The van der Waals surface area contributed by atoms with Gasteiger partial charge in [-0.25, -0.2) is 13.1 Å². The molecule has 1 amide bonds. The zero-order chi connectivity index (χ0) is 24.3. The number of pyridine rings is 1. The molecular weight excluding hydrogens is 471 g/mol. The van der Waals surface area contributed by atoms with Gasteiger partial charge in [-0.1, -0.05) is 18.2 Å². The summed E-state index contributed by atoms with van der Waals surface area (Å²) < 4.78 is 68.2. The van der Waals surface area contributed by atoms with E-state index in [1.54, 1.807) is 17.0 Å². The van der Waals surface area contributed by atoms with Gasteiger partial charge < -0.3 is 4.90 Å². The van der Waals surface area contributed by atoms with Crippen molar-refractivity contribution >= 4 is 21.6 Å². The van der Waals surface area contributed by atoms with Gasteiger partial charge in [0.05, 0.1) is 10.5 Å². The molecule has 3 aromatic rings. The highest BCUT2D eigenvalue weighted by molar-refractivity contribution is 7.89. The van der Waals surface area contributed by atoms with Crippen molar-refractivity contribution in [1.82, 2.24) is 24.2 Å². The van der Waals surface area contributed by atoms with Gasteiger partial charge in [0.25, 0.3) is 5.91 Å². The number of amides is 1. The molecule has 0 unspecified atom stereocenters. The monoisotopic (exact) mass is 493 g/mol. The minimum atomic E-state index is -4.40. The average molecular weight is 494 g/mol. The summed E-state index contributed by atoms with van der Waals surface area (Å²) in [5.41, 5.74) is 0.0702. The number of nitrogens with zero attached hydrogens (tertiary/aromatic N) is 4. The van der Waals surface area contributed by atoms with E-state index in [2.05, 4.69) is 14.9 Å². The molecule has 3 heterocycles. The van der Waals surface area contributed by atoms with Crippen LogP contribution in [0.2, 0.25) is 0 Å². The lowest BCUT2D eigenvalue weighted by Crippen LogP contribution is -2.31. The second kappa shape index (κ2) is 8.05. The first-order valence-corrected chi connectivity index (χ1v) is 12.3. The molecule has 0 spiro atoms. The Kier molecular flexibility index (Phi) is 5.40. The van der Waals surface area contributed by atoms with Crippen LogP contribution in [0.4, 0.5) is 13.2 Å². The van der Waals surface area contributed by atoms with Crippen molar-refractivity contribution in [3.8, 4) is 0 Å². The number of fused-ring (bicyclic) bond motifs is 2. The number of aromatic nitrogens is 3. The summed E-state index contributed by atoms with van der Waals surface area (Å²) in [6.07, 6.45) is -1.95. The van der Waals surface area contributed by atoms with Gasteiger partial charge in [-0.05, 0) is 61.4 Å². The fourth-order valence-electron chi connectivity index (χ4n) is 5.27. The Balaban J connectivity index is 1.35. The minimum absolute atomic E-state index is 0.00194. The third kappa shape index (κ3) is 3.84. The Bertz CT molecular complexity index is 1360. The molecule has 2 aliphatic rings. The Morgan fingerprint density at radius 2 is 1.74 bits per heavy atom. The summed E-state index contributed by atoms with van der Waals surface area (Å²) in [5.74, 6) is -0.396. The highest BCUT2D eigenvalue weighted by Crippen LogP contribution is 2.49. The molecule has 1 N–H and O–H groups in total. The van der Waals surface area contributed by atoms with Gasteiger partial charge in [-0.3, -0.25) is 9.20 Å². The van der Waals surface area contributed by atoms with Crippen molar-refractivity contribution in [3.05, 3.63) is 59.5 Å². The van der Waals surface area contributed by atoms with E-state index in [4.69, 9.17) is 0 Å². The van der Waals surface area contributed by atoms with E-state index in [9.17, 15) is 26.4 Å². The number of carbonyl (C=O) groups is 1. The first-order chi connectivity index (χ1) is 16.1. The van der Waals surface area contributed by atoms with E-state index < -0.39 is 21.8 Å². The van der Waals surface area contributed by atoms with Gasteiger partial charge in [0.1, 0.15) is 0 Å². The Morgan fingerprint density at radius 3 is 2.38 bits per heavy atom. The number of hydrogen-bond acceptors (Lipinski definition) is 5. The second-order valence-electron chi connectivity index (χ2n) is 8.81. The molecule has 34 heavy (non-hydrogen) atoms. The van der Waals surface area contributed by atoms with Crippen molar-refractivity contribution in [2.75, 3.05) is 20.1 Å². The number of alkyl halides is 3. The van der Waals surface area contributed by atoms with Crippen molar-refractivity contribution < 1.29 is 26.4 Å². The predicted octanol–water partition coefficient (Wildman–Crippen LogP) is 2.92. The zero-order valence-corrected chi connectivity index (χ0v) is 19.0. The quantitative estimate of drug-likeness (QED) is 0.603. The van der Waals surface area contributed by atoms with E-state index >= 15 is 0 Å². The number of carbonyl (C=O) groups excluding carboxylic acids is 1. The van der Waals surface area contributed by atoms with Crippen LogP contribution < -0.4 is 4.72 Å². The SMILES string of the molecule is CNS(=O)(=O)c1ccc2nnc(C(=O)N3C[C@H]4C[C@H](c5ccccc5C(F)(F)F)C[C@H]4C3)n2c1. The number of halogens is 3. The third-order valence-electron chi connectivity index (χ3n) is 6.89. The maximum absolute atomic E-state index is 13.5. The minimum Gasteiger partial charge on any atom is -0.335 e. The molecule has 1 aliphatic carbocycles. The maximum atomic E-state index is 13.5. The second-order valence-corrected chi connectivity index (χ2v) is 10.7. The lowest BCUT2D eigenvalue weighted by Gasteiger charge is -2.21. The number of likely N-dealkylation sites (tertiary alicyclic amines) is 1. The van der Waals surface area contributed by atoms with E-state index in [-0.39, 0.29) is 34.4 Å². The Labute approximate surface area is 193 Å². The van der Waals surface area contributed by atoms with Gasteiger partial charge in [0, 0.05) is 19.3 Å². The third-order valence-corrected chi connectivity index (χ3v) is 8.29. The van der Waals surface area contributed by atoms with Gasteiger partial charge in [-0.2, -0.15) is 13.2 Å². The molecular formula is C22H22F3N5O3S. The topological polar surface area (TPSA) is 96.7 Å². The first-order valence-electron chi connectivity index (χ1n) is 10.8. The molecule has 5 rings (SSSR count). The van der Waals surface area contributed by atoms with E-state index in [1.807, 2.05) is 0 Å². The van der Waals surface area contributed by atoms with Gasteiger partial charge in [0.2, 0.25) is 15.8 Å². The smallest absolute Gasteiger partial charge is 0.335 e. The summed E-state index contributed by atoms with van der Waals surface area (Å²) in [6, 6.07) is 8.56. The number of hydrogen-bond donors (Lipinski definition) is 1. The highest BCUT2D eigenvalue weighted by atomic mass is 32.2. The molecule has 0 radical (unpaired) electrons. The summed E-state index contributed by atoms with van der Waals surface area (Å²) >= 11 is 0. The molecule has 1 aliphatic heterocycles. The molecule has 3 atom stereocenters. The molecule has 1 saturated carbocycles. The number of nitrogens with one attached hydrogen (secondary N) is 1. The van der Waals surface area contributed by atoms with Crippen molar-refractivity contribution in [1.29, 1.82) is 0 Å².